The van der Waals surface area contributed by atoms with Gasteiger partial charge in [-0.3, -0.25) is 9.59 Å². The number of hydrogen-bond acceptors (Lipinski definition) is 3. The number of benzene rings is 2. The number of hydrogen-bond donors (Lipinski definition) is 2. The fourth-order valence-electron chi connectivity index (χ4n) is 2.14. The number of amides is 2. The Hall–Kier alpha value is -2.89. The number of ether oxygens (including phenoxy) is 1. The van der Waals surface area contributed by atoms with Crippen molar-refractivity contribution in [3.8, 4) is 5.75 Å². The molecule has 0 saturated carbocycles. The van der Waals surface area contributed by atoms with Crippen molar-refractivity contribution in [3.63, 3.8) is 0 Å². The zero-order chi connectivity index (χ0) is 18.2. The van der Waals surface area contributed by atoms with Crippen molar-refractivity contribution in [2.24, 2.45) is 0 Å². The molecule has 25 heavy (non-hydrogen) atoms. The van der Waals surface area contributed by atoms with Crippen molar-refractivity contribution in [3.05, 3.63) is 65.5 Å². The normalized spacial score (nSPS) is 10.4. The molecule has 0 aliphatic rings. The van der Waals surface area contributed by atoms with Crippen LogP contribution in [0.5, 0.6) is 5.75 Å². The predicted octanol–water partition coefficient (Wildman–Crippen LogP) is 2.55. The first kappa shape index (κ1) is 18.4. The molecule has 0 aliphatic carbocycles. The Morgan fingerprint density at radius 3 is 2.20 bits per heavy atom. The maximum Gasteiger partial charge on any atom is 0.309 e. The molecule has 0 atom stereocenters. The molecule has 0 heterocycles. The summed E-state index contributed by atoms with van der Waals surface area (Å²) in [7, 11) is 0. The first-order valence-corrected chi connectivity index (χ1v) is 8.00. The van der Waals surface area contributed by atoms with Gasteiger partial charge in [-0.25, -0.2) is 4.39 Å². The van der Waals surface area contributed by atoms with Crippen LogP contribution in [-0.4, -0.2) is 17.9 Å². The van der Waals surface area contributed by atoms with E-state index >= 15 is 0 Å². The van der Waals surface area contributed by atoms with Crippen LogP contribution in [0.2, 0.25) is 0 Å². The van der Waals surface area contributed by atoms with Crippen LogP contribution in [0.4, 0.5) is 4.39 Å². The Labute approximate surface area is 146 Å². The lowest BCUT2D eigenvalue weighted by Crippen LogP contribution is -2.39. The van der Waals surface area contributed by atoms with Gasteiger partial charge in [-0.05, 0) is 37.6 Å². The summed E-state index contributed by atoms with van der Waals surface area (Å²) >= 11 is 0. The lowest BCUT2D eigenvalue weighted by atomic mass is 10.2. The molecule has 2 amide bonds. The third-order valence-electron chi connectivity index (χ3n) is 3.35. The molecule has 0 radical (unpaired) electrons. The Morgan fingerprint density at radius 2 is 1.56 bits per heavy atom. The Kier molecular flexibility index (Phi) is 6.51. The van der Waals surface area contributed by atoms with Gasteiger partial charge in [0.2, 0.25) is 0 Å². The molecule has 0 saturated heterocycles. The Balaban J connectivity index is 1.85. The van der Waals surface area contributed by atoms with Gasteiger partial charge in [0.05, 0.1) is 6.10 Å². The number of nitrogens with one attached hydrogen (secondary N) is 2. The van der Waals surface area contributed by atoms with Crippen LogP contribution >= 0.6 is 0 Å². The van der Waals surface area contributed by atoms with Crippen molar-refractivity contribution in [2.45, 2.75) is 33.0 Å². The van der Waals surface area contributed by atoms with Crippen molar-refractivity contribution < 1.29 is 18.7 Å². The molecule has 0 aromatic heterocycles. The van der Waals surface area contributed by atoms with E-state index in [2.05, 4.69) is 10.6 Å². The zero-order valence-electron chi connectivity index (χ0n) is 14.2. The topological polar surface area (TPSA) is 67.4 Å². The number of para-hydroxylation sites is 1. The summed E-state index contributed by atoms with van der Waals surface area (Å²) in [5, 5.41) is 5.06. The van der Waals surface area contributed by atoms with Crippen LogP contribution in [0.3, 0.4) is 0 Å². The van der Waals surface area contributed by atoms with E-state index in [9.17, 15) is 14.0 Å². The average molecular weight is 344 g/mol. The SMILES string of the molecule is CC(C)Oc1ccccc1CNC(=O)C(=O)NCc1ccc(F)cc1. The molecule has 0 aliphatic heterocycles. The summed E-state index contributed by atoms with van der Waals surface area (Å²) in [6, 6.07) is 13.0. The van der Waals surface area contributed by atoms with Gasteiger partial charge < -0.3 is 15.4 Å². The highest BCUT2D eigenvalue weighted by Gasteiger charge is 2.14. The largest absolute Gasteiger partial charge is 0.491 e. The maximum atomic E-state index is 12.8. The lowest BCUT2D eigenvalue weighted by molar-refractivity contribution is -0.139. The lowest BCUT2D eigenvalue weighted by Gasteiger charge is -2.14. The van der Waals surface area contributed by atoms with E-state index in [0.29, 0.717) is 11.3 Å². The molecule has 0 spiro atoms. The van der Waals surface area contributed by atoms with Crippen LogP contribution in [0, 0.1) is 5.82 Å². The van der Waals surface area contributed by atoms with E-state index in [4.69, 9.17) is 4.74 Å². The minimum absolute atomic E-state index is 0.0101. The zero-order valence-corrected chi connectivity index (χ0v) is 14.2. The number of carbonyl (C=O) groups excluding carboxylic acids is 2. The predicted molar refractivity (Wildman–Crippen MR) is 92.3 cm³/mol. The summed E-state index contributed by atoms with van der Waals surface area (Å²) in [5.41, 5.74) is 1.49. The van der Waals surface area contributed by atoms with Gasteiger partial charge in [0.25, 0.3) is 0 Å². The standard InChI is InChI=1S/C19H21FN2O3/c1-13(2)25-17-6-4-3-5-15(17)12-22-19(24)18(23)21-11-14-7-9-16(20)10-8-14/h3-10,13H,11-12H2,1-2H3,(H,21,23)(H,22,24). The molecule has 5 nitrogen and oxygen atoms in total. The molecule has 0 bridgehead atoms. The van der Waals surface area contributed by atoms with E-state index in [1.807, 2.05) is 38.1 Å². The number of carbonyl (C=O) groups is 2. The summed E-state index contributed by atoms with van der Waals surface area (Å²) in [6.45, 7) is 4.17. The molecular formula is C19H21FN2O3. The van der Waals surface area contributed by atoms with Gasteiger partial charge in [-0.1, -0.05) is 30.3 Å². The van der Waals surface area contributed by atoms with E-state index in [1.165, 1.54) is 12.1 Å². The van der Waals surface area contributed by atoms with Gasteiger partial charge in [0.1, 0.15) is 11.6 Å². The van der Waals surface area contributed by atoms with Gasteiger partial charge in [-0.15, -0.1) is 0 Å². The van der Waals surface area contributed by atoms with Crippen LogP contribution in [0.15, 0.2) is 48.5 Å². The Bertz CT molecular complexity index is 730. The monoisotopic (exact) mass is 344 g/mol. The van der Waals surface area contributed by atoms with Crippen LogP contribution in [0.1, 0.15) is 25.0 Å². The second-order valence-electron chi connectivity index (χ2n) is 5.77. The fourth-order valence-corrected chi connectivity index (χ4v) is 2.14. The summed E-state index contributed by atoms with van der Waals surface area (Å²) in [6.07, 6.45) is 0.0101. The minimum atomic E-state index is -0.744. The molecule has 132 valence electrons. The first-order chi connectivity index (χ1) is 12.0. The molecule has 2 aromatic carbocycles. The molecular weight excluding hydrogens is 323 g/mol. The van der Waals surface area contributed by atoms with E-state index in [-0.39, 0.29) is 25.0 Å². The van der Waals surface area contributed by atoms with E-state index < -0.39 is 11.8 Å². The third-order valence-corrected chi connectivity index (χ3v) is 3.35. The average Bonchev–Trinajstić information content (AvgIpc) is 2.59. The highest BCUT2D eigenvalue weighted by molar-refractivity contribution is 6.35. The van der Waals surface area contributed by atoms with E-state index in [1.54, 1.807) is 12.1 Å². The van der Waals surface area contributed by atoms with Crippen molar-refractivity contribution in [2.75, 3.05) is 0 Å². The molecule has 6 heteroatoms. The van der Waals surface area contributed by atoms with Gasteiger partial charge in [-0.2, -0.15) is 0 Å². The van der Waals surface area contributed by atoms with Crippen molar-refractivity contribution in [1.29, 1.82) is 0 Å². The van der Waals surface area contributed by atoms with Crippen molar-refractivity contribution in [1.82, 2.24) is 10.6 Å². The summed E-state index contributed by atoms with van der Waals surface area (Å²) in [4.78, 5) is 23.7. The minimum Gasteiger partial charge on any atom is -0.491 e. The van der Waals surface area contributed by atoms with Crippen LogP contribution in [-0.2, 0) is 22.7 Å². The highest BCUT2D eigenvalue weighted by Crippen LogP contribution is 2.19. The molecule has 0 fully saturated rings. The molecule has 2 N–H and O–H groups in total. The third kappa shape index (κ3) is 5.91. The molecule has 0 unspecified atom stereocenters. The van der Waals surface area contributed by atoms with Gasteiger partial charge in [0.15, 0.2) is 0 Å². The highest BCUT2D eigenvalue weighted by atomic mass is 19.1. The maximum absolute atomic E-state index is 12.8. The summed E-state index contributed by atoms with van der Waals surface area (Å²) < 4.78 is 18.5. The van der Waals surface area contributed by atoms with Crippen LogP contribution < -0.4 is 15.4 Å². The quantitative estimate of drug-likeness (QED) is 0.792. The Morgan fingerprint density at radius 1 is 0.960 bits per heavy atom. The summed E-state index contributed by atoms with van der Waals surface area (Å²) in [5.74, 6) is -1.16. The van der Waals surface area contributed by atoms with Crippen LogP contribution in [0.25, 0.3) is 0 Å². The van der Waals surface area contributed by atoms with Gasteiger partial charge >= 0.3 is 11.8 Å². The van der Waals surface area contributed by atoms with Gasteiger partial charge in [0, 0.05) is 18.7 Å². The second kappa shape index (κ2) is 8.82. The number of halogens is 1. The first-order valence-electron chi connectivity index (χ1n) is 8.00. The molecule has 2 rings (SSSR count). The smallest absolute Gasteiger partial charge is 0.309 e. The fraction of sp³-hybridized carbons (Fsp3) is 0.263. The second-order valence-corrected chi connectivity index (χ2v) is 5.77. The van der Waals surface area contributed by atoms with Crippen molar-refractivity contribution >= 4 is 11.8 Å². The molecule has 2 aromatic rings. The van der Waals surface area contributed by atoms with E-state index in [0.717, 1.165) is 5.56 Å². The number of rotatable bonds is 6.